The molecule has 0 rings (SSSR count). The molecule has 0 aromatic carbocycles. The summed E-state index contributed by atoms with van der Waals surface area (Å²) in [6, 6.07) is -0.725. The van der Waals surface area contributed by atoms with Crippen molar-refractivity contribution in [1.29, 1.82) is 0 Å². The Labute approximate surface area is 312 Å². The number of ether oxygens (including phenoxy) is 3. The first kappa shape index (κ1) is 48.3. The fourth-order valence-corrected chi connectivity index (χ4v) is 5.59. The zero-order valence-corrected chi connectivity index (χ0v) is 33.3. The molecule has 0 aromatic rings. The van der Waals surface area contributed by atoms with Crippen LogP contribution in [0.1, 0.15) is 155 Å². The van der Waals surface area contributed by atoms with Gasteiger partial charge in [0, 0.05) is 19.3 Å². The third kappa shape index (κ3) is 32.9. The molecule has 294 valence electrons. The van der Waals surface area contributed by atoms with E-state index in [1.54, 1.807) is 21.1 Å². The molecule has 0 aliphatic carbocycles. The van der Waals surface area contributed by atoms with Crippen LogP contribution in [0.3, 0.4) is 0 Å². The summed E-state index contributed by atoms with van der Waals surface area (Å²) in [5.41, 5.74) is 0. The van der Waals surface area contributed by atoms with Crippen molar-refractivity contribution >= 4 is 17.9 Å². The van der Waals surface area contributed by atoms with Crippen molar-refractivity contribution in [3.05, 3.63) is 48.6 Å². The number of carbonyl (C=O) groups is 3. The van der Waals surface area contributed by atoms with Gasteiger partial charge in [0.1, 0.15) is 12.6 Å². The number of hydrogen-bond acceptors (Lipinski definition) is 7. The predicted octanol–water partition coefficient (Wildman–Crippen LogP) is 9.13. The van der Waals surface area contributed by atoms with E-state index in [9.17, 15) is 19.5 Å². The van der Waals surface area contributed by atoms with Crippen LogP contribution in [-0.2, 0) is 28.6 Å². The summed E-state index contributed by atoms with van der Waals surface area (Å²) in [5, 5.41) is 11.6. The lowest BCUT2D eigenvalue weighted by atomic mass is 10.1. The van der Waals surface area contributed by atoms with Gasteiger partial charge in [-0.15, -0.1) is 0 Å². The largest absolute Gasteiger partial charge is 0.544 e. The minimum absolute atomic E-state index is 0.0369. The number of quaternary nitrogens is 1. The van der Waals surface area contributed by atoms with Gasteiger partial charge in [0.2, 0.25) is 0 Å². The average Bonchev–Trinajstić information content (AvgIpc) is 3.08. The Morgan fingerprint density at radius 1 is 0.608 bits per heavy atom. The highest BCUT2D eigenvalue weighted by atomic mass is 16.6. The first-order chi connectivity index (χ1) is 24.6. The molecular weight excluding hydrogens is 642 g/mol. The van der Waals surface area contributed by atoms with Crippen LogP contribution in [0.4, 0.5) is 0 Å². The average molecular weight is 718 g/mol. The molecule has 0 amide bonds. The number of carbonyl (C=O) groups excluding carboxylic acids is 3. The maximum Gasteiger partial charge on any atom is 0.306 e. The summed E-state index contributed by atoms with van der Waals surface area (Å²) in [6.45, 7) is 4.48. The van der Waals surface area contributed by atoms with Gasteiger partial charge in [-0.25, -0.2) is 0 Å². The highest BCUT2D eigenvalue weighted by molar-refractivity contribution is 5.70. The van der Waals surface area contributed by atoms with Crippen molar-refractivity contribution in [2.45, 2.75) is 167 Å². The molecular formula is C43H75NO7. The van der Waals surface area contributed by atoms with E-state index in [0.717, 1.165) is 70.6 Å². The summed E-state index contributed by atoms with van der Waals surface area (Å²) >= 11 is 0. The molecule has 0 fully saturated rings. The number of rotatable bonds is 35. The van der Waals surface area contributed by atoms with Gasteiger partial charge in [-0.1, -0.05) is 133 Å². The van der Waals surface area contributed by atoms with Crippen molar-refractivity contribution in [1.82, 2.24) is 0 Å². The van der Waals surface area contributed by atoms with E-state index >= 15 is 0 Å². The molecule has 0 saturated heterocycles. The molecule has 0 aliphatic rings. The van der Waals surface area contributed by atoms with Crippen molar-refractivity contribution in [3.8, 4) is 0 Å². The monoisotopic (exact) mass is 718 g/mol. The van der Waals surface area contributed by atoms with E-state index in [2.05, 4.69) is 62.5 Å². The van der Waals surface area contributed by atoms with E-state index in [4.69, 9.17) is 14.2 Å². The van der Waals surface area contributed by atoms with E-state index < -0.39 is 18.1 Å². The molecule has 0 heterocycles. The summed E-state index contributed by atoms with van der Waals surface area (Å²) in [6.07, 6.45) is 38.6. The molecule has 8 heteroatoms. The van der Waals surface area contributed by atoms with Gasteiger partial charge < -0.3 is 28.6 Å². The molecule has 0 bridgehead atoms. The first-order valence-electron chi connectivity index (χ1n) is 20.2. The van der Waals surface area contributed by atoms with Crippen molar-refractivity contribution in [2.75, 3.05) is 41.0 Å². The van der Waals surface area contributed by atoms with Crippen LogP contribution in [0.5, 0.6) is 0 Å². The fraction of sp³-hybridized carbons (Fsp3) is 0.744. The summed E-state index contributed by atoms with van der Waals surface area (Å²) in [5.74, 6) is -1.76. The number of esters is 2. The number of likely N-dealkylation sites (N-methyl/N-ethyl adjacent to an activating group) is 1. The second kappa shape index (κ2) is 34.4. The molecule has 2 unspecified atom stereocenters. The Morgan fingerprint density at radius 3 is 1.63 bits per heavy atom. The SMILES string of the molecule is CC/C=C/C/C=C/C/C=C/C/C=C/CCCCCCCCCC(=O)OCC(COCCC(C(=O)[O-])[N+](C)(C)C)OC(=O)CCCCCCCCC. The summed E-state index contributed by atoms with van der Waals surface area (Å²) in [4.78, 5) is 36.6. The topological polar surface area (TPSA) is 102 Å². The van der Waals surface area contributed by atoms with Crippen molar-refractivity contribution < 1.29 is 38.2 Å². The van der Waals surface area contributed by atoms with Gasteiger partial charge in [-0.05, 0) is 51.4 Å². The van der Waals surface area contributed by atoms with Gasteiger partial charge in [-0.3, -0.25) is 9.59 Å². The van der Waals surface area contributed by atoms with E-state index in [1.165, 1.54) is 51.4 Å². The number of unbranched alkanes of at least 4 members (excludes halogenated alkanes) is 13. The van der Waals surface area contributed by atoms with E-state index in [-0.39, 0.29) is 42.7 Å². The smallest absolute Gasteiger partial charge is 0.306 e. The first-order valence-corrected chi connectivity index (χ1v) is 20.2. The number of allylic oxidation sites excluding steroid dienone is 8. The van der Waals surface area contributed by atoms with Crippen LogP contribution in [0, 0.1) is 0 Å². The summed E-state index contributed by atoms with van der Waals surface area (Å²) < 4.78 is 17.0. The zero-order chi connectivity index (χ0) is 37.8. The van der Waals surface area contributed by atoms with Crippen LogP contribution in [-0.4, -0.2) is 75.5 Å². The third-order valence-corrected chi connectivity index (χ3v) is 8.73. The lowest BCUT2D eigenvalue weighted by Gasteiger charge is -2.34. The molecule has 0 saturated carbocycles. The quantitative estimate of drug-likeness (QED) is 0.0279. The number of nitrogens with zero attached hydrogens (tertiary/aromatic N) is 1. The maximum absolute atomic E-state index is 12.5. The van der Waals surface area contributed by atoms with Gasteiger partial charge in [-0.2, -0.15) is 0 Å². The lowest BCUT2D eigenvalue weighted by Crippen LogP contribution is -2.55. The van der Waals surface area contributed by atoms with Crippen LogP contribution in [0.15, 0.2) is 48.6 Å². The number of carboxylic acids is 1. The lowest BCUT2D eigenvalue weighted by molar-refractivity contribution is -0.889. The van der Waals surface area contributed by atoms with Crippen LogP contribution < -0.4 is 5.11 Å². The normalized spacial score (nSPS) is 13.5. The minimum atomic E-state index is -1.13. The van der Waals surface area contributed by atoms with Gasteiger partial charge in [0.15, 0.2) is 6.10 Å². The molecule has 0 radical (unpaired) electrons. The van der Waals surface area contributed by atoms with Crippen LogP contribution in [0.25, 0.3) is 0 Å². The Hall–Kier alpha value is -2.71. The second-order valence-electron chi connectivity index (χ2n) is 14.5. The Kier molecular flexibility index (Phi) is 32.6. The Morgan fingerprint density at radius 2 is 1.10 bits per heavy atom. The maximum atomic E-state index is 12.5. The third-order valence-electron chi connectivity index (χ3n) is 8.73. The van der Waals surface area contributed by atoms with E-state index in [0.29, 0.717) is 12.8 Å². The number of aliphatic carboxylic acids is 1. The standard InChI is InChI=1S/C43H75NO7/c1-6-8-10-12-14-15-16-17-18-19-20-21-22-23-24-25-26-28-29-31-33-41(45)50-38-39(37-49-36-35-40(43(47)48)44(3,4)5)51-42(46)34-32-30-27-13-11-9-7-2/h8,10,14-15,17-18,20-21,39-40H,6-7,9,11-13,16,19,22-38H2,1-5H3/b10-8+,15-14+,18-17+,21-20+. The molecule has 51 heavy (non-hydrogen) atoms. The van der Waals surface area contributed by atoms with Crippen molar-refractivity contribution in [2.24, 2.45) is 0 Å². The number of hydrogen-bond donors (Lipinski definition) is 0. The molecule has 2 atom stereocenters. The zero-order valence-electron chi connectivity index (χ0n) is 33.3. The molecule has 0 spiro atoms. The van der Waals surface area contributed by atoms with Crippen LogP contribution >= 0.6 is 0 Å². The van der Waals surface area contributed by atoms with Gasteiger partial charge in [0.05, 0.1) is 40.3 Å². The molecule has 0 N–H and O–H groups in total. The van der Waals surface area contributed by atoms with E-state index in [1.807, 2.05) is 0 Å². The Bertz CT molecular complexity index is 979. The fourth-order valence-electron chi connectivity index (χ4n) is 5.59. The van der Waals surface area contributed by atoms with Gasteiger partial charge in [0.25, 0.3) is 0 Å². The summed E-state index contributed by atoms with van der Waals surface area (Å²) in [7, 11) is 5.39. The molecule has 8 nitrogen and oxygen atoms in total. The van der Waals surface area contributed by atoms with Gasteiger partial charge >= 0.3 is 11.9 Å². The highest BCUT2D eigenvalue weighted by Gasteiger charge is 2.25. The molecule has 0 aliphatic heterocycles. The minimum Gasteiger partial charge on any atom is -0.544 e. The number of carboxylic acid groups (broad SMARTS) is 1. The van der Waals surface area contributed by atoms with Crippen LogP contribution in [0.2, 0.25) is 0 Å². The highest BCUT2D eigenvalue weighted by Crippen LogP contribution is 2.13. The Balaban J connectivity index is 4.25. The molecule has 0 aromatic heterocycles. The van der Waals surface area contributed by atoms with Crippen molar-refractivity contribution in [3.63, 3.8) is 0 Å². The predicted molar refractivity (Wildman–Crippen MR) is 208 cm³/mol. The second-order valence-corrected chi connectivity index (χ2v) is 14.5.